The zero-order valence-electron chi connectivity index (χ0n) is 23.3. The molecule has 0 aromatic carbocycles. The third kappa shape index (κ3) is 2.90. The van der Waals surface area contributed by atoms with Crippen LogP contribution >= 0.6 is 0 Å². The van der Waals surface area contributed by atoms with Crippen LogP contribution < -0.4 is 0 Å². The number of epoxide rings is 1. The predicted octanol–water partition coefficient (Wildman–Crippen LogP) is 5.59. The molecule has 202 valence electrons. The van der Waals surface area contributed by atoms with Crippen molar-refractivity contribution in [1.82, 2.24) is 0 Å². The highest BCUT2D eigenvalue weighted by Gasteiger charge is 2.86. The number of esters is 1. The van der Waals surface area contributed by atoms with Gasteiger partial charge in [-0.15, -0.1) is 0 Å². The minimum Gasteiger partial charge on any atom is -0.472 e. The molecule has 5 rings (SSSR count). The van der Waals surface area contributed by atoms with E-state index in [1.165, 1.54) is 6.92 Å². The van der Waals surface area contributed by atoms with E-state index in [4.69, 9.17) is 18.6 Å². The number of allylic oxidation sites excluding steroid dienone is 2. The van der Waals surface area contributed by atoms with Crippen molar-refractivity contribution in [2.75, 3.05) is 0 Å². The Balaban J connectivity index is 1.75. The average Bonchev–Trinajstić information content (AvgIpc) is 3.24. The topological polar surface area (TPSA) is 95.3 Å². The van der Waals surface area contributed by atoms with Gasteiger partial charge in [0.05, 0.1) is 18.6 Å². The SMILES string of the molecule is CC(=O)O[C@@H]1C[C@H]2C(C)(C)C(=O)C=C[C@]2(C)[C@@]2(C)CC[C@@](C)([C@@H](OC=O)c3ccoc3)[C@@]3(O[C@@H]3C)[C@]12C. The molecular formula is C30H40O7. The Morgan fingerprint density at radius 1 is 1.16 bits per heavy atom. The smallest absolute Gasteiger partial charge is 0.302 e. The van der Waals surface area contributed by atoms with Gasteiger partial charge in [-0.25, -0.2) is 0 Å². The van der Waals surface area contributed by atoms with Crippen molar-refractivity contribution >= 4 is 18.2 Å². The molecule has 1 aromatic heterocycles. The highest BCUT2D eigenvalue weighted by molar-refractivity contribution is 5.95. The summed E-state index contributed by atoms with van der Waals surface area (Å²) in [6, 6.07) is 1.83. The molecule has 3 aliphatic carbocycles. The van der Waals surface area contributed by atoms with Crippen molar-refractivity contribution in [3.05, 3.63) is 36.3 Å². The van der Waals surface area contributed by atoms with Gasteiger partial charge < -0.3 is 18.6 Å². The van der Waals surface area contributed by atoms with E-state index in [9.17, 15) is 14.4 Å². The first-order chi connectivity index (χ1) is 17.2. The molecule has 0 radical (unpaired) electrons. The largest absolute Gasteiger partial charge is 0.472 e. The first-order valence-corrected chi connectivity index (χ1v) is 13.4. The molecule has 1 aliphatic heterocycles. The lowest BCUT2D eigenvalue weighted by Gasteiger charge is -2.73. The molecule has 0 amide bonds. The maximum atomic E-state index is 13.1. The normalized spacial score (nSPS) is 46.5. The standard InChI is InChI=1S/C30H40O7/c1-18-30(37-18)27(6,24(35-17-31)20-10-14-34-16-20)12-13-28(7)26(5)11-9-22(33)25(3,4)21(26)15-23(29(28,30)8)36-19(2)32/h9-11,14,16-18,21,23-24H,12-13,15H2,1-8H3/t18-,21+,23-,24+,26+,27+,28-,29-,30-/m1/s1. The Morgan fingerprint density at radius 3 is 2.38 bits per heavy atom. The molecule has 1 aromatic rings. The van der Waals surface area contributed by atoms with Crippen LogP contribution in [0, 0.1) is 33.0 Å². The second-order valence-corrected chi connectivity index (χ2v) is 13.2. The Morgan fingerprint density at radius 2 is 1.84 bits per heavy atom. The molecule has 7 nitrogen and oxygen atoms in total. The third-order valence-electron chi connectivity index (χ3n) is 11.8. The molecule has 0 bridgehead atoms. The molecular weight excluding hydrogens is 472 g/mol. The maximum absolute atomic E-state index is 13.1. The summed E-state index contributed by atoms with van der Waals surface area (Å²) < 4.78 is 24.2. The first kappa shape index (κ1) is 26.2. The fourth-order valence-corrected chi connectivity index (χ4v) is 9.60. The molecule has 1 saturated heterocycles. The van der Waals surface area contributed by atoms with Gasteiger partial charge in [-0.1, -0.05) is 47.6 Å². The first-order valence-electron chi connectivity index (χ1n) is 13.4. The Labute approximate surface area is 219 Å². The number of hydrogen-bond acceptors (Lipinski definition) is 7. The van der Waals surface area contributed by atoms with Crippen LogP contribution in [0.2, 0.25) is 0 Å². The van der Waals surface area contributed by atoms with Gasteiger partial charge in [0.15, 0.2) is 5.78 Å². The molecule has 9 atom stereocenters. The average molecular weight is 513 g/mol. The van der Waals surface area contributed by atoms with Crippen molar-refractivity contribution in [2.24, 2.45) is 33.0 Å². The number of ketones is 1. The van der Waals surface area contributed by atoms with E-state index in [0.29, 0.717) is 19.3 Å². The minimum atomic E-state index is -0.758. The molecule has 7 heteroatoms. The van der Waals surface area contributed by atoms with Crippen LogP contribution in [0.25, 0.3) is 0 Å². The van der Waals surface area contributed by atoms with E-state index in [-0.39, 0.29) is 29.2 Å². The van der Waals surface area contributed by atoms with Crippen molar-refractivity contribution in [3.8, 4) is 0 Å². The summed E-state index contributed by atoms with van der Waals surface area (Å²) in [5, 5.41) is 0. The highest BCUT2D eigenvalue weighted by Crippen LogP contribution is 2.82. The van der Waals surface area contributed by atoms with Gasteiger partial charge in [0.1, 0.15) is 17.8 Å². The quantitative estimate of drug-likeness (QED) is 0.288. The minimum absolute atomic E-state index is 0.0220. The van der Waals surface area contributed by atoms with Crippen molar-refractivity contribution in [3.63, 3.8) is 0 Å². The van der Waals surface area contributed by atoms with Crippen molar-refractivity contribution in [1.29, 1.82) is 0 Å². The maximum Gasteiger partial charge on any atom is 0.302 e. The van der Waals surface area contributed by atoms with Crippen LogP contribution in [-0.4, -0.2) is 36.0 Å². The molecule has 0 N–H and O–H groups in total. The Bertz CT molecular complexity index is 1150. The van der Waals surface area contributed by atoms with Gasteiger partial charge in [-0.2, -0.15) is 0 Å². The fraction of sp³-hybridized carbons (Fsp3) is 0.700. The van der Waals surface area contributed by atoms with Gasteiger partial charge >= 0.3 is 5.97 Å². The summed E-state index contributed by atoms with van der Waals surface area (Å²) in [6.45, 7) is 16.9. The van der Waals surface area contributed by atoms with E-state index in [1.54, 1.807) is 18.6 Å². The summed E-state index contributed by atoms with van der Waals surface area (Å²) in [4.78, 5) is 37.4. The third-order valence-corrected chi connectivity index (χ3v) is 11.8. The summed E-state index contributed by atoms with van der Waals surface area (Å²) >= 11 is 0. The number of fused-ring (bicyclic) bond motifs is 4. The number of ether oxygens (including phenoxy) is 3. The molecule has 0 unspecified atom stereocenters. The summed E-state index contributed by atoms with van der Waals surface area (Å²) in [7, 11) is 0. The lowest BCUT2D eigenvalue weighted by molar-refractivity contribution is -0.283. The summed E-state index contributed by atoms with van der Waals surface area (Å²) in [6.07, 6.45) is 7.86. The van der Waals surface area contributed by atoms with Crippen LogP contribution in [0.5, 0.6) is 0 Å². The van der Waals surface area contributed by atoms with Crippen LogP contribution in [-0.2, 0) is 28.6 Å². The van der Waals surface area contributed by atoms with E-state index in [0.717, 1.165) is 12.0 Å². The van der Waals surface area contributed by atoms with E-state index >= 15 is 0 Å². The Hall–Kier alpha value is -2.41. The lowest BCUT2D eigenvalue weighted by atomic mass is 9.30. The second-order valence-electron chi connectivity index (χ2n) is 13.2. The molecule has 3 fully saturated rings. The molecule has 37 heavy (non-hydrogen) atoms. The highest BCUT2D eigenvalue weighted by atomic mass is 16.6. The van der Waals surface area contributed by atoms with Crippen molar-refractivity contribution in [2.45, 2.75) is 98.6 Å². The van der Waals surface area contributed by atoms with E-state index in [1.807, 2.05) is 19.9 Å². The van der Waals surface area contributed by atoms with Gasteiger partial charge in [0.25, 0.3) is 6.47 Å². The number of carbonyl (C=O) groups is 3. The van der Waals surface area contributed by atoms with Gasteiger partial charge in [0, 0.05) is 28.7 Å². The second kappa shape index (κ2) is 7.81. The van der Waals surface area contributed by atoms with Gasteiger partial charge in [-0.05, 0) is 55.1 Å². The van der Waals surface area contributed by atoms with Crippen LogP contribution in [0.1, 0.15) is 86.3 Å². The number of carbonyl (C=O) groups excluding carboxylic acids is 3. The molecule has 1 spiro atoms. The van der Waals surface area contributed by atoms with E-state index in [2.05, 4.69) is 40.7 Å². The number of furan rings is 1. The monoisotopic (exact) mass is 512 g/mol. The van der Waals surface area contributed by atoms with Crippen LogP contribution in [0.15, 0.2) is 35.2 Å². The molecule has 2 heterocycles. The molecule has 4 aliphatic rings. The van der Waals surface area contributed by atoms with Crippen LogP contribution in [0.4, 0.5) is 0 Å². The fourth-order valence-electron chi connectivity index (χ4n) is 9.60. The van der Waals surface area contributed by atoms with Crippen LogP contribution in [0.3, 0.4) is 0 Å². The lowest BCUT2D eigenvalue weighted by Crippen LogP contribution is -2.75. The van der Waals surface area contributed by atoms with Crippen molar-refractivity contribution < 1.29 is 33.0 Å². The number of hydrogen-bond donors (Lipinski definition) is 0. The zero-order chi connectivity index (χ0) is 27.2. The summed E-state index contributed by atoms with van der Waals surface area (Å²) in [5.74, 6) is -0.264. The van der Waals surface area contributed by atoms with Gasteiger partial charge in [-0.3, -0.25) is 14.4 Å². The Kier molecular flexibility index (Phi) is 5.53. The van der Waals surface area contributed by atoms with E-state index < -0.39 is 39.5 Å². The predicted molar refractivity (Wildman–Crippen MR) is 135 cm³/mol. The molecule has 2 saturated carbocycles. The zero-order valence-corrected chi connectivity index (χ0v) is 23.3. The number of rotatable bonds is 5. The summed E-state index contributed by atoms with van der Waals surface area (Å²) in [5.41, 5.74) is -2.62. The van der Waals surface area contributed by atoms with Gasteiger partial charge in [0.2, 0.25) is 0 Å².